The van der Waals surface area contributed by atoms with Crippen molar-refractivity contribution in [2.45, 2.75) is 45.6 Å². The maximum Gasteiger partial charge on any atom is 0.0857 e. The molecule has 2 rings (SSSR count). The van der Waals surface area contributed by atoms with Crippen LogP contribution < -0.4 is 5.73 Å². The van der Waals surface area contributed by atoms with Gasteiger partial charge in [-0.15, -0.1) is 5.10 Å². The fourth-order valence-electron chi connectivity index (χ4n) is 2.16. The first-order valence-electron chi connectivity index (χ1n) is 6.48. The maximum atomic E-state index is 6.35. The fourth-order valence-corrected chi connectivity index (χ4v) is 3.26. The van der Waals surface area contributed by atoms with Crippen LogP contribution >= 0.6 is 23.1 Å². The van der Waals surface area contributed by atoms with Gasteiger partial charge in [-0.1, -0.05) is 36.9 Å². The van der Waals surface area contributed by atoms with Gasteiger partial charge in [-0.3, -0.25) is 4.68 Å². The molecule has 2 aromatic rings. The largest absolute Gasteiger partial charge is 0.323 e. The molecule has 0 spiro atoms. The average molecular weight is 314 g/mol. The Morgan fingerprint density at radius 3 is 2.55 bits per heavy atom. The Kier molecular flexibility index (Phi) is 4.18. The van der Waals surface area contributed by atoms with Gasteiger partial charge in [0.15, 0.2) is 0 Å². The zero-order valence-corrected chi connectivity index (χ0v) is 14.0. The predicted molar refractivity (Wildman–Crippen MR) is 82.2 cm³/mol. The second kappa shape index (κ2) is 5.42. The first kappa shape index (κ1) is 15.4. The fraction of sp³-hybridized carbons (Fsp3) is 0.615. The summed E-state index contributed by atoms with van der Waals surface area (Å²) < 4.78 is 5.85. The van der Waals surface area contributed by atoms with Crippen LogP contribution in [0.4, 0.5) is 0 Å². The number of aryl methyl sites for hydroxylation is 2. The Hall–Kier alpha value is -0.980. The molecular formula is C13H20ClN5S. The first-order chi connectivity index (χ1) is 9.21. The van der Waals surface area contributed by atoms with Gasteiger partial charge in [-0.05, 0) is 18.5 Å². The smallest absolute Gasteiger partial charge is 0.0857 e. The Morgan fingerprint density at radius 1 is 1.40 bits per heavy atom. The quantitative estimate of drug-likeness (QED) is 0.946. The molecule has 0 saturated heterocycles. The monoisotopic (exact) mass is 313 g/mol. The van der Waals surface area contributed by atoms with E-state index >= 15 is 0 Å². The van der Waals surface area contributed by atoms with Crippen molar-refractivity contribution >= 4 is 23.1 Å². The number of halogens is 1. The van der Waals surface area contributed by atoms with Gasteiger partial charge < -0.3 is 5.73 Å². The number of hydrogen-bond donors (Lipinski definition) is 1. The van der Waals surface area contributed by atoms with E-state index in [9.17, 15) is 0 Å². The van der Waals surface area contributed by atoms with Crippen molar-refractivity contribution < 1.29 is 0 Å². The molecule has 0 aliphatic heterocycles. The molecule has 110 valence electrons. The van der Waals surface area contributed by atoms with Crippen molar-refractivity contribution in [1.29, 1.82) is 0 Å². The molecule has 0 fully saturated rings. The summed E-state index contributed by atoms with van der Waals surface area (Å²) in [5.74, 6) is 0. The lowest BCUT2D eigenvalue weighted by atomic mass is 9.89. The van der Waals surface area contributed by atoms with Crippen molar-refractivity contribution in [2.24, 2.45) is 12.8 Å². The van der Waals surface area contributed by atoms with Crippen LogP contribution in [0.15, 0.2) is 0 Å². The summed E-state index contributed by atoms with van der Waals surface area (Å²) in [5.41, 5.74) is 9.02. The van der Waals surface area contributed by atoms with Crippen molar-refractivity contribution in [1.82, 2.24) is 19.4 Å². The van der Waals surface area contributed by atoms with Crippen LogP contribution in [0, 0.1) is 6.92 Å². The van der Waals surface area contributed by atoms with Gasteiger partial charge in [0, 0.05) is 24.9 Å². The number of nitrogens with two attached hydrogens (primary N) is 1. The average Bonchev–Trinajstić information content (AvgIpc) is 2.90. The van der Waals surface area contributed by atoms with Gasteiger partial charge in [0.1, 0.15) is 0 Å². The molecule has 7 heteroatoms. The van der Waals surface area contributed by atoms with Crippen LogP contribution in [0.1, 0.15) is 48.8 Å². The number of aromatic nitrogens is 4. The van der Waals surface area contributed by atoms with Gasteiger partial charge in [0.25, 0.3) is 0 Å². The van der Waals surface area contributed by atoms with Gasteiger partial charge in [0.2, 0.25) is 0 Å². The van der Waals surface area contributed by atoms with Crippen molar-refractivity contribution in [3.63, 3.8) is 0 Å². The summed E-state index contributed by atoms with van der Waals surface area (Å²) in [7, 11) is 1.89. The lowest BCUT2D eigenvalue weighted by Crippen LogP contribution is -2.21. The third kappa shape index (κ3) is 2.87. The molecule has 2 N–H and O–H groups in total. The molecule has 5 nitrogen and oxygen atoms in total. The molecule has 2 heterocycles. The minimum atomic E-state index is -0.170. The molecule has 2 aromatic heterocycles. The molecule has 0 bridgehead atoms. The molecule has 0 aromatic carbocycles. The van der Waals surface area contributed by atoms with E-state index in [2.05, 4.69) is 35.5 Å². The Morgan fingerprint density at radius 2 is 2.05 bits per heavy atom. The van der Waals surface area contributed by atoms with Crippen LogP contribution in [0.25, 0.3) is 0 Å². The van der Waals surface area contributed by atoms with E-state index in [1.807, 2.05) is 14.0 Å². The molecule has 1 atom stereocenters. The normalized spacial score (nSPS) is 13.8. The van der Waals surface area contributed by atoms with E-state index in [0.29, 0.717) is 11.4 Å². The number of nitrogens with zero attached hydrogens (tertiary/aromatic N) is 4. The maximum absolute atomic E-state index is 6.35. The highest BCUT2D eigenvalue weighted by atomic mass is 35.5. The SMILES string of the molecule is Cc1nn(C)c(CC(N)c2snnc2C(C)(C)C)c1Cl. The van der Waals surface area contributed by atoms with Crippen LogP contribution in [0.2, 0.25) is 5.02 Å². The van der Waals surface area contributed by atoms with Crippen LogP contribution in [-0.2, 0) is 18.9 Å². The summed E-state index contributed by atoms with van der Waals surface area (Å²) in [6, 6.07) is -0.170. The number of rotatable bonds is 3. The van der Waals surface area contributed by atoms with Crippen LogP contribution in [0.5, 0.6) is 0 Å². The topological polar surface area (TPSA) is 69.6 Å². The zero-order valence-electron chi connectivity index (χ0n) is 12.4. The van der Waals surface area contributed by atoms with E-state index in [0.717, 1.165) is 22.0 Å². The minimum absolute atomic E-state index is 0.0634. The summed E-state index contributed by atoms with van der Waals surface area (Å²) in [5, 5.41) is 9.24. The highest BCUT2D eigenvalue weighted by Crippen LogP contribution is 2.32. The Balaban J connectivity index is 2.29. The standard InChI is InChI=1S/C13H20ClN5S/c1-7-10(14)9(19(5)17-7)6-8(15)11-12(13(2,3)4)16-18-20-11/h8H,6,15H2,1-5H3. The second-order valence-corrected chi connectivity index (χ2v) is 7.18. The van der Waals surface area contributed by atoms with Gasteiger partial charge in [-0.25, -0.2) is 0 Å². The van der Waals surface area contributed by atoms with Crippen LogP contribution in [-0.4, -0.2) is 19.4 Å². The van der Waals surface area contributed by atoms with Gasteiger partial charge in [-0.2, -0.15) is 5.10 Å². The second-order valence-electron chi connectivity index (χ2n) is 6.02. The molecular weight excluding hydrogens is 294 g/mol. The van der Waals surface area contributed by atoms with Crippen LogP contribution in [0.3, 0.4) is 0 Å². The summed E-state index contributed by atoms with van der Waals surface area (Å²) in [4.78, 5) is 1.02. The first-order valence-corrected chi connectivity index (χ1v) is 7.63. The summed E-state index contributed by atoms with van der Waals surface area (Å²) >= 11 is 7.65. The van der Waals surface area contributed by atoms with E-state index in [-0.39, 0.29) is 11.5 Å². The summed E-state index contributed by atoms with van der Waals surface area (Å²) in [6.07, 6.45) is 0.628. The zero-order chi connectivity index (χ0) is 15.1. The molecule has 0 aliphatic rings. The predicted octanol–water partition coefficient (Wildman–Crippen LogP) is 2.77. The third-order valence-electron chi connectivity index (χ3n) is 3.24. The molecule has 1 unspecified atom stereocenters. The van der Waals surface area contributed by atoms with Gasteiger partial charge in [0.05, 0.1) is 27.0 Å². The lowest BCUT2D eigenvalue weighted by Gasteiger charge is -2.19. The minimum Gasteiger partial charge on any atom is -0.323 e. The van der Waals surface area contributed by atoms with Crippen molar-refractivity contribution in [2.75, 3.05) is 0 Å². The lowest BCUT2D eigenvalue weighted by molar-refractivity contribution is 0.547. The molecule has 0 saturated carbocycles. The summed E-state index contributed by atoms with van der Waals surface area (Å²) in [6.45, 7) is 8.23. The Bertz CT molecular complexity index is 611. The molecule has 0 aliphatic carbocycles. The highest BCUT2D eigenvalue weighted by Gasteiger charge is 2.27. The third-order valence-corrected chi connectivity index (χ3v) is 4.58. The van der Waals surface area contributed by atoms with E-state index in [4.69, 9.17) is 17.3 Å². The van der Waals surface area contributed by atoms with E-state index in [1.165, 1.54) is 11.5 Å². The number of hydrogen-bond acceptors (Lipinski definition) is 5. The molecule has 0 amide bonds. The van der Waals surface area contributed by atoms with E-state index < -0.39 is 0 Å². The van der Waals surface area contributed by atoms with Gasteiger partial charge >= 0.3 is 0 Å². The molecule has 0 radical (unpaired) electrons. The van der Waals surface area contributed by atoms with Crippen molar-refractivity contribution in [3.05, 3.63) is 27.0 Å². The highest BCUT2D eigenvalue weighted by molar-refractivity contribution is 7.05. The Labute approximate surface area is 128 Å². The molecule has 20 heavy (non-hydrogen) atoms. The van der Waals surface area contributed by atoms with E-state index in [1.54, 1.807) is 4.68 Å². The van der Waals surface area contributed by atoms with Crippen molar-refractivity contribution in [3.8, 4) is 0 Å².